The van der Waals surface area contributed by atoms with E-state index in [2.05, 4.69) is 10.2 Å². The Labute approximate surface area is 93.5 Å². The summed E-state index contributed by atoms with van der Waals surface area (Å²) in [5.41, 5.74) is 0.654. The molecule has 0 aliphatic rings. The summed E-state index contributed by atoms with van der Waals surface area (Å²) in [6.45, 7) is 0. The fourth-order valence-electron chi connectivity index (χ4n) is 1.19. The van der Waals surface area contributed by atoms with Crippen molar-refractivity contribution >= 4 is 19.3 Å². The quantitative estimate of drug-likeness (QED) is 0.695. The SMILES string of the molecule is [B]c1cc(-c2nnc(N(C)C)o2)ccc1F. The zero-order valence-electron chi connectivity index (χ0n) is 8.94. The predicted molar refractivity (Wildman–Crippen MR) is 59.4 cm³/mol. The fourth-order valence-corrected chi connectivity index (χ4v) is 1.19. The van der Waals surface area contributed by atoms with Crippen LogP contribution in [0.1, 0.15) is 0 Å². The summed E-state index contributed by atoms with van der Waals surface area (Å²) in [6, 6.07) is 4.66. The highest BCUT2D eigenvalue weighted by atomic mass is 19.1. The van der Waals surface area contributed by atoms with Gasteiger partial charge in [-0.25, -0.2) is 4.39 Å². The van der Waals surface area contributed by atoms with Crippen LogP contribution in [0.3, 0.4) is 0 Å². The molecule has 0 atom stereocenters. The lowest BCUT2D eigenvalue weighted by Crippen LogP contribution is -2.08. The third kappa shape index (κ3) is 1.91. The number of hydrogen-bond acceptors (Lipinski definition) is 4. The first-order valence-electron chi connectivity index (χ1n) is 4.64. The van der Waals surface area contributed by atoms with E-state index in [0.717, 1.165) is 0 Å². The Morgan fingerprint density at radius 1 is 1.31 bits per heavy atom. The maximum absolute atomic E-state index is 12.9. The molecule has 0 aliphatic carbocycles. The second kappa shape index (κ2) is 3.96. The van der Waals surface area contributed by atoms with Gasteiger partial charge >= 0.3 is 6.01 Å². The van der Waals surface area contributed by atoms with Gasteiger partial charge in [0.2, 0.25) is 5.89 Å². The molecular weight excluding hydrogens is 208 g/mol. The van der Waals surface area contributed by atoms with E-state index in [1.54, 1.807) is 25.1 Å². The molecule has 0 N–H and O–H groups in total. The normalized spacial score (nSPS) is 10.4. The Bertz CT molecular complexity index is 513. The van der Waals surface area contributed by atoms with Crippen molar-refractivity contribution in [1.82, 2.24) is 10.2 Å². The van der Waals surface area contributed by atoms with E-state index in [9.17, 15) is 4.39 Å². The second-order valence-corrected chi connectivity index (χ2v) is 3.52. The first-order chi connectivity index (χ1) is 7.58. The minimum absolute atomic E-state index is 0.0575. The Morgan fingerprint density at radius 2 is 2.06 bits per heavy atom. The molecular formula is C10H9BFN3O. The minimum atomic E-state index is -0.462. The van der Waals surface area contributed by atoms with Crippen molar-refractivity contribution in [3.63, 3.8) is 0 Å². The zero-order chi connectivity index (χ0) is 11.7. The molecule has 0 saturated carbocycles. The smallest absolute Gasteiger partial charge is 0.317 e. The first-order valence-corrected chi connectivity index (χ1v) is 4.64. The van der Waals surface area contributed by atoms with Crippen LogP contribution in [0.4, 0.5) is 10.4 Å². The van der Waals surface area contributed by atoms with E-state index in [1.165, 1.54) is 12.1 Å². The number of halogens is 1. The number of benzene rings is 1. The molecule has 16 heavy (non-hydrogen) atoms. The van der Waals surface area contributed by atoms with Gasteiger partial charge in [0.15, 0.2) is 0 Å². The lowest BCUT2D eigenvalue weighted by molar-refractivity contribution is 0.566. The van der Waals surface area contributed by atoms with Crippen molar-refractivity contribution in [2.75, 3.05) is 19.0 Å². The van der Waals surface area contributed by atoms with E-state index in [1.807, 2.05) is 0 Å². The van der Waals surface area contributed by atoms with Gasteiger partial charge in [-0.3, -0.25) is 0 Å². The van der Waals surface area contributed by atoms with Crippen LogP contribution in [-0.2, 0) is 0 Å². The number of anilines is 1. The second-order valence-electron chi connectivity index (χ2n) is 3.52. The molecule has 0 saturated heterocycles. The summed E-state index contributed by atoms with van der Waals surface area (Å²) in [5, 5.41) is 7.66. The van der Waals surface area contributed by atoms with Crippen LogP contribution < -0.4 is 10.4 Å². The lowest BCUT2D eigenvalue weighted by atomic mass is 9.94. The van der Waals surface area contributed by atoms with E-state index >= 15 is 0 Å². The van der Waals surface area contributed by atoms with Crippen molar-refractivity contribution in [1.29, 1.82) is 0 Å². The largest absolute Gasteiger partial charge is 0.403 e. The summed E-state index contributed by atoms with van der Waals surface area (Å²) < 4.78 is 18.3. The number of aromatic nitrogens is 2. The van der Waals surface area contributed by atoms with Gasteiger partial charge in [0.1, 0.15) is 13.7 Å². The van der Waals surface area contributed by atoms with Crippen LogP contribution in [-0.4, -0.2) is 32.1 Å². The molecule has 0 bridgehead atoms. The summed E-state index contributed by atoms with van der Waals surface area (Å²) in [5.74, 6) is -0.147. The summed E-state index contributed by atoms with van der Waals surface area (Å²) >= 11 is 0. The van der Waals surface area contributed by atoms with Crippen molar-refractivity contribution < 1.29 is 8.81 Å². The molecule has 0 fully saturated rings. The molecule has 0 aliphatic heterocycles. The van der Waals surface area contributed by atoms with Gasteiger partial charge in [0.05, 0.1) is 0 Å². The van der Waals surface area contributed by atoms with Gasteiger partial charge in [-0.2, -0.15) is 0 Å². The Hall–Kier alpha value is -1.85. The molecule has 0 amide bonds. The summed E-state index contributed by atoms with van der Waals surface area (Å²) in [4.78, 5) is 1.68. The first kappa shape index (κ1) is 10.7. The molecule has 0 unspecified atom stereocenters. The van der Waals surface area contributed by atoms with Crippen LogP contribution in [0, 0.1) is 5.82 Å². The summed E-state index contributed by atoms with van der Waals surface area (Å²) in [6.07, 6.45) is 0. The van der Waals surface area contributed by atoms with Crippen LogP contribution in [0.5, 0.6) is 0 Å². The monoisotopic (exact) mass is 217 g/mol. The highest BCUT2D eigenvalue weighted by molar-refractivity contribution is 6.32. The van der Waals surface area contributed by atoms with Gasteiger partial charge in [0.25, 0.3) is 0 Å². The lowest BCUT2D eigenvalue weighted by Gasteiger charge is -2.03. The Balaban J connectivity index is 2.39. The van der Waals surface area contributed by atoms with Crippen LogP contribution in [0.15, 0.2) is 22.6 Å². The van der Waals surface area contributed by atoms with E-state index in [0.29, 0.717) is 17.5 Å². The van der Waals surface area contributed by atoms with Gasteiger partial charge in [-0.15, -0.1) is 5.10 Å². The number of rotatable bonds is 2. The molecule has 2 rings (SSSR count). The number of nitrogens with zero attached hydrogens (tertiary/aromatic N) is 3. The summed E-state index contributed by atoms with van der Waals surface area (Å²) in [7, 11) is 9.03. The van der Waals surface area contributed by atoms with Crippen molar-refractivity contribution in [2.45, 2.75) is 0 Å². The maximum atomic E-state index is 12.9. The standard InChI is InChI=1S/C10H9BFN3O/c1-15(2)10-14-13-9(16-10)6-3-4-8(12)7(11)5-6/h3-5H,1-2H3. The molecule has 6 heteroatoms. The van der Waals surface area contributed by atoms with Gasteiger partial charge in [0, 0.05) is 19.7 Å². The van der Waals surface area contributed by atoms with Gasteiger partial charge in [-0.1, -0.05) is 16.6 Å². The Kier molecular flexibility index (Phi) is 2.64. The van der Waals surface area contributed by atoms with E-state index in [4.69, 9.17) is 12.3 Å². The average molecular weight is 217 g/mol. The molecule has 80 valence electrons. The third-order valence-electron chi connectivity index (χ3n) is 2.04. The molecule has 1 aromatic heterocycles. The molecule has 2 radical (unpaired) electrons. The van der Waals surface area contributed by atoms with Crippen molar-refractivity contribution in [3.05, 3.63) is 24.0 Å². The van der Waals surface area contributed by atoms with Gasteiger partial charge < -0.3 is 9.32 Å². The fraction of sp³-hybridized carbons (Fsp3) is 0.200. The average Bonchev–Trinajstić information content (AvgIpc) is 2.71. The van der Waals surface area contributed by atoms with Gasteiger partial charge in [-0.05, 0) is 12.1 Å². The van der Waals surface area contributed by atoms with Crippen molar-refractivity contribution in [2.24, 2.45) is 0 Å². The molecule has 0 spiro atoms. The van der Waals surface area contributed by atoms with Crippen LogP contribution in [0.2, 0.25) is 0 Å². The highest BCUT2D eigenvalue weighted by Gasteiger charge is 2.10. The van der Waals surface area contributed by atoms with E-state index < -0.39 is 5.82 Å². The molecule has 2 aromatic rings. The molecule has 1 heterocycles. The minimum Gasteiger partial charge on any atom is -0.403 e. The van der Waals surface area contributed by atoms with E-state index in [-0.39, 0.29) is 5.46 Å². The maximum Gasteiger partial charge on any atom is 0.317 e. The predicted octanol–water partition coefficient (Wildman–Crippen LogP) is 0.735. The molecule has 4 nitrogen and oxygen atoms in total. The van der Waals surface area contributed by atoms with Crippen LogP contribution >= 0.6 is 0 Å². The highest BCUT2D eigenvalue weighted by Crippen LogP contribution is 2.19. The number of hydrogen-bond donors (Lipinski definition) is 0. The zero-order valence-corrected chi connectivity index (χ0v) is 8.94. The van der Waals surface area contributed by atoms with Crippen molar-refractivity contribution in [3.8, 4) is 11.5 Å². The topological polar surface area (TPSA) is 42.2 Å². The van der Waals surface area contributed by atoms with Crippen LogP contribution in [0.25, 0.3) is 11.5 Å². The third-order valence-corrected chi connectivity index (χ3v) is 2.04. The molecule has 1 aromatic carbocycles. The Morgan fingerprint density at radius 3 is 2.62 bits per heavy atom.